The normalized spacial score (nSPS) is 26.5. The third kappa shape index (κ3) is 2.56. The highest BCUT2D eigenvalue weighted by Crippen LogP contribution is 2.38. The number of halogens is 3. The highest BCUT2D eigenvalue weighted by Gasteiger charge is 2.50. The minimum absolute atomic E-state index is 0.00350. The number of alkyl halides is 3. The van der Waals surface area contributed by atoms with Crippen LogP contribution in [0.2, 0.25) is 0 Å². The van der Waals surface area contributed by atoms with Crippen LogP contribution in [0.4, 0.5) is 18.0 Å². The smallest absolute Gasteiger partial charge is 0.405 e. The Morgan fingerprint density at radius 2 is 2.12 bits per heavy atom. The summed E-state index contributed by atoms with van der Waals surface area (Å²) in [6.07, 6.45) is -0.144. The molecule has 0 saturated carbocycles. The Kier molecular flexibility index (Phi) is 3.30. The van der Waals surface area contributed by atoms with Gasteiger partial charge in [0.05, 0.1) is 11.5 Å². The fourth-order valence-electron chi connectivity index (χ4n) is 1.65. The van der Waals surface area contributed by atoms with Gasteiger partial charge in [-0.05, 0) is 6.42 Å². The monoisotopic (exact) mass is 235 g/mol. The zero-order chi connectivity index (χ0) is 12.4. The van der Waals surface area contributed by atoms with Gasteiger partial charge in [-0.25, -0.2) is 4.79 Å². The molecule has 2 unspecified atom stereocenters. The van der Waals surface area contributed by atoms with Crippen LogP contribution in [0.15, 0.2) is 24.3 Å². The zero-order valence-electron chi connectivity index (χ0n) is 8.58. The molecular weight excluding hydrogens is 223 g/mol. The second-order valence-corrected chi connectivity index (χ2v) is 3.73. The van der Waals surface area contributed by atoms with Crippen molar-refractivity contribution in [3.8, 4) is 0 Å². The van der Waals surface area contributed by atoms with Gasteiger partial charge < -0.3 is 10.4 Å². The van der Waals surface area contributed by atoms with Gasteiger partial charge in [0.15, 0.2) is 0 Å². The predicted octanol–water partition coefficient (Wildman–Crippen LogP) is 2.71. The van der Waals surface area contributed by atoms with Gasteiger partial charge in [0.1, 0.15) is 0 Å². The Morgan fingerprint density at radius 3 is 2.50 bits per heavy atom. The third-order valence-electron chi connectivity index (χ3n) is 2.70. The molecule has 16 heavy (non-hydrogen) atoms. The third-order valence-corrected chi connectivity index (χ3v) is 2.70. The Bertz CT molecular complexity index is 335. The van der Waals surface area contributed by atoms with E-state index in [-0.39, 0.29) is 6.42 Å². The highest BCUT2D eigenvalue weighted by molar-refractivity contribution is 5.66. The summed E-state index contributed by atoms with van der Waals surface area (Å²) in [5, 5.41) is 10.6. The van der Waals surface area contributed by atoms with E-state index in [4.69, 9.17) is 5.11 Å². The quantitative estimate of drug-likeness (QED) is 0.773. The average Bonchev–Trinajstić information content (AvgIpc) is 2.15. The van der Waals surface area contributed by atoms with Crippen LogP contribution in [0.25, 0.3) is 0 Å². The molecule has 2 N–H and O–H groups in total. The van der Waals surface area contributed by atoms with Crippen LogP contribution in [0.3, 0.4) is 0 Å². The maximum Gasteiger partial charge on any atom is 0.405 e. The molecule has 0 saturated heterocycles. The van der Waals surface area contributed by atoms with E-state index in [0.717, 1.165) is 6.92 Å². The Hall–Kier alpha value is -1.46. The maximum atomic E-state index is 12.6. The van der Waals surface area contributed by atoms with Crippen molar-refractivity contribution >= 4 is 6.09 Å². The minimum Gasteiger partial charge on any atom is -0.465 e. The molecule has 1 aliphatic carbocycles. The van der Waals surface area contributed by atoms with E-state index in [1.165, 1.54) is 18.2 Å². The van der Waals surface area contributed by atoms with Crippen LogP contribution in [0.1, 0.15) is 13.3 Å². The van der Waals surface area contributed by atoms with Crippen LogP contribution < -0.4 is 5.32 Å². The zero-order valence-corrected chi connectivity index (χ0v) is 8.58. The van der Waals surface area contributed by atoms with Crippen molar-refractivity contribution < 1.29 is 23.1 Å². The van der Waals surface area contributed by atoms with Crippen molar-refractivity contribution in [2.45, 2.75) is 25.1 Å². The molecule has 0 aromatic rings. The van der Waals surface area contributed by atoms with E-state index in [0.29, 0.717) is 0 Å². The summed E-state index contributed by atoms with van der Waals surface area (Å²) in [5.41, 5.74) is -1.60. The largest absolute Gasteiger partial charge is 0.465 e. The summed E-state index contributed by atoms with van der Waals surface area (Å²) in [4.78, 5) is 10.6. The summed E-state index contributed by atoms with van der Waals surface area (Å²) in [7, 11) is 0. The van der Waals surface area contributed by atoms with Gasteiger partial charge in [-0.2, -0.15) is 13.2 Å². The van der Waals surface area contributed by atoms with Gasteiger partial charge >= 0.3 is 12.3 Å². The highest BCUT2D eigenvalue weighted by atomic mass is 19.4. The van der Waals surface area contributed by atoms with E-state index >= 15 is 0 Å². The predicted molar refractivity (Wildman–Crippen MR) is 52.0 cm³/mol. The summed E-state index contributed by atoms with van der Waals surface area (Å²) in [6.45, 7) is 0.972. The summed E-state index contributed by atoms with van der Waals surface area (Å²) >= 11 is 0. The molecule has 90 valence electrons. The second-order valence-electron chi connectivity index (χ2n) is 3.73. The van der Waals surface area contributed by atoms with E-state index in [9.17, 15) is 18.0 Å². The Labute approximate surface area is 90.6 Å². The first kappa shape index (κ1) is 12.6. The van der Waals surface area contributed by atoms with Gasteiger partial charge in [0.2, 0.25) is 0 Å². The van der Waals surface area contributed by atoms with E-state index in [2.05, 4.69) is 0 Å². The molecule has 0 spiro atoms. The standard InChI is InChI=1S/C10H12F3NO2/c1-7(10(11,12)13)9(14-8(15)16)5-3-2-4-6-9/h2-5,7,14H,6H2,1H3,(H,15,16). The molecule has 2 atom stereocenters. The number of rotatable bonds is 2. The fourth-order valence-corrected chi connectivity index (χ4v) is 1.65. The fraction of sp³-hybridized carbons (Fsp3) is 0.500. The molecule has 0 aromatic heterocycles. The molecule has 0 radical (unpaired) electrons. The van der Waals surface area contributed by atoms with Crippen molar-refractivity contribution in [1.82, 2.24) is 5.32 Å². The molecule has 0 aliphatic heterocycles. The van der Waals surface area contributed by atoms with E-state index < -0.39 is 23.7 Å². The lowest BCUT2D eigenvalue weighted by atomic mass is 9.79. The molecule has 6 heteroatoms. The Balaban J connectivity index is 3.00. The first-order valence-corrected chi connectivity index (χ1v) is 4.70. The van der Waals surface area contributed by atoms with Crippen LogP contribution in [-0.4, -0.2) is 22.9 Å². The molecule has 0 aromatic carbocycles. The van der Waals surface area contributed by atoms with E-state index in [1.54, 1.807) is 6.08 Å². The van der Waals surface area contributed by atoms with Crippen molar-refractivity contribution in [2.24, 2.45) is 5.92 Å². The van der Waals surface area contributed by atoms with Gasteiger partial charge in [-0.1, -0.05) is 31.2 Å². The molecule has 1 rings (SSSR count). The number of allylic oxidation sites excluding steroid dienone is 2. The first-order chi connectivity index (χ1) is 7.28. The van der Waals surface area contributed by atoms with Crippen molar-refractivity contribution in [3.63, 3.8) is 0 Å². The molecule has 1 amide bonds. The number of nitrogens with one attached hydrogen (secondary N) is 1. The summed E-state index contributed by atoms with van der Waals surface area (Å²) in [6, 6.07) is 0. The number of carboxylic acid groups (broad SMARTS) is 1. The molecule has 0 bridgehead atoms. The topological polar surface area (TPSA) is 49.3 Å². The number of hydrogen-bond donors (Lipinski definition) is 2. The summed E-state index contributed by atoms with van der Waals surface area (Å²) in [5.74, 6) is -1.78. The lowest BCUT2D eigenvalue weighted by Gasteiger charge is -2.37. The van der Waals surface area contributed by atoms with Crippen molar-refractivity contribution in [2.75, 3.05) is 0 Å². The molecule has 0 fully saturated rings. The molecule has 1 aliphatic rings. The number of amides is 1. The van der Waals surface area contributed by atoms with E-state index in [1.807, 2.05) is 5.32 Å². The molecule has 0 heterocycles. The van der Waals surface area contributed by atoms with Crippen LogP contribution >= 0.6 is 0 Å². The van der Waals surface area contributed by atoms with Crippen LogP contribution in [0, 0.1) is 5.92 Å². The van der Waals surface area contributed by atoms with Crippen molar-refractivity contribution in [1.29, 1.82) is 0 Å². The maximum absolute atomic E-state index is 12.6. The van der Waals surface area contributed by atoms with Crippen molar-refractivity contribution in [3.05, 3.63) is 24.3 Å². The Morgan fingerprint density at radius 1 is 1.50 bits per heavy atom. The molecular formula is C10H12F3NO2. The SMILES string of the molecule is CC(C(F)(F)F)C1(NC(=O)O)C=CC=CC1. The van der Waals surface area contributed by atoms with Gasteiger partial charge in [0.25, 0.3) is 0 Å². The van der Waals surface area contributed by atoms with Gasteiger partial charge in [-0.15, -0.1) is 0 Å². The lowest BCUT2D eigenvalue weighted by molar-refractivity contribution is -0.184. The van der Waals surface area contributed by atoms with Gasteiger partial charge in [0, 0.05) is 0 Å². The average molecular weight is 235 g/mol. The van der Waals surface area contributed by atoms with Crippen LogP contribution in [-0.2, 0) is 0 Å². The first-order valence-electron chi connectivity index (χ1n) is 4.70. The summed E-state index contributed by atoms with van der Waals surface area (Å²) < 4.78 is 37.9. The van der Waals surface area contributed by atoms with Crippen LogP contribution in [0.5, 0.6) is 0 Å². The number of hydrogen-bond acceptors (Lipinski definition) is 1. The molecule has 3 nitrogen and oxygen atoms in total. The van der Waals surface area contributed by atoms with Gasteiger partial charge in [-0.3, -0.25) is 0 Å². The second kappa shape index (κ2) is 4.19. The number of carbonyl (C=O) groups is 1. The minimum atomic E-state index is -4.45. The lowest BCUT2D eigenvalue weighted by Crippen LogP contribution is -2.55.